The third-order valence-electron chi connectivity index (χ3n) is 2.54. The molecule has 0 aromatic heterocycles. The maximum Gasteiger partial charge on any atom is 0.304 e. The lowest BCUT2D eigenvalue weighted by Crippen LogP contribution is -2.30. The number of carbonyl (C=O) groups excluding carboxylic acids is 1. The van der Waals surface area contributed by atoms with Crippen LogP contribution in [0.5, 0.6) is 0 Å². The predicted molar refractivity (Wildman–Crippen MR) is 66.8 cm³/mol. The molecule has 1 aromatic rings. The van der Waals surface area contributed by atoms with Gasteiger partial charge >= 0.3 is 5.97 Å². The third-order valence-corrected chi connectivity index (χ3v) is 3.79. The van der Waals surface area contributed by atoms with Crippen molar-refractivity contribution in [2.75, 3.05) is 6.61 Å². The van der Waals surface area contributed by atoms with Crippen molar-refractivity contribution in [2.24, 2.45) is 0 Å². The van der Waals surface area contributed by atoms with E-state index in [-0.39, 0.29) is 12.3 Å². The van der Waals surface area contributed by atoms with E-state index in [1.54, 1.807) is 0 Å². The van der Waals surface area contributed by atoms with Crippen molar-refractivity contribution in [3.05, 3.63) is 30.3 Å². The van der Waals surface area contributed by atoms with E-state index < -0.39 is 0 Å². The van der Waals surface area contributed by atoms with Gasteiger partial charge in [0.2, 0.25) is 6.29 Å². The Hall–Kier alpha value is -1.00. The number of hydrogen-bond donors (Lipinski definition) is 0. The molecule has 2 rings (SSSR count). The van der Waals surface area contributed by atoms with Gasteiger partial charge in [0.1, 0.15) is 0 Å². The smallest absolute Gasteiger partial charge is 0.304 e. The highest BCUT2D eigenvalue weighted by Crippen LogP contribution is 2.30. The van der Waals surface area contributed by atoms with Crippen LogP contribution in [0.4, 0.5) is 0 Å². The van der Waals surface area contributed by atoms with E-state index in [1.165, 1.54) is 11.8 Å². The molecule has 2 atom stereocenters. The highest BCUT2D eigenvalue weighted by atomic mass is 32.2. The Balaban J connectivity index is 1.78. The maximum absolute atomic E-state index is 10.8. The molecule has 0 spiro atoms. The number of benzene rings is 1. The van der Waals surface area contributed by atoms with Gasteiger partial charge in [0.15, 0.2) is 0 Å². The molecule has 3 nitrogen and oxygen atoms in total. The molecule has 0 aliphatic carbocycles. The second kappa shape index (κ2) is 6.07. The second-order valence-corrected chi connectivity index (χ2v) is 5.38. The number of hydrogen-bond acceptors (Lipinski definition) is 4. The minimum absolute atomic E-state index is 0.274. The number of ether oxygens (including phenoxy) is 2. The molecule has 0 bridgehead atoms. The molecular weight excluding hydrogens is 236 g/mol. The monoisotopic (exact) mass is 252 g/mol. The average Bonchev–Trinajstić information content (AvgIpc) is 2.32. The van der Waals surface area contributed by atoms with E-state index in [0.29, 0.717) is 11.9 Å². The fourth-order valence-corrected chi connectivity index (χ4v) is 2.87. The number of esters is 1. The van der Waals surface area contributed by atoms with E-state index in [0.717, 1.165) is 12.8 Å². The van der Waals surface area contributed by atoms with E-state index in [9.17, 15) is 4.79 Å². The Labute approximate surface area is 105 Å². The van der Waals surface area contributed by atoms with Crippen LogP contribution >= 0.6 is 11.8 Å². The van der Waals surface area contributed by atoms with Crippen molar-refractivity contribution in [3.8, 4) is 0 Å². The van der Waals surface area contributed by atoms with Gasteiger partial charge in [0, 0.05) is 23.5 Å². The van der Waals surface area contributed by atoms with Gasteiger partial charge in [-0.1, -0.05) is 18.2 Å². The normalized spacial score (nSPS) is 24.3. The molecule has 1 aliphatic heterocycles. The van der Waals surface area contributed by atoms with Gasteiger partial charge in [-0.25, -0.2) is 0 Å². The topological polar surface area (TPSA) is 35.5 Å². The van der Waals surface area contributed by atoms with Crippen molar-refractivity contribution < 1.29 is 14.3 Å². The van der Waals surface area contributed by atoms with Gasteiger partial charge in [-0.2, -0.15) is 0 Å². The van der Waals surface area contributed by atoms with Gasteiger partial charge in [-0.05, 0) is 18.6 Å². The van der Waals surface area contributed by atoms with Crippen LogP contribution in [0.3, 0.4) is 0 Å². The fraction of sp³-hybridized carbons (Fsp3) is 0.462. The van der Waals surface area contributed by atoms with Gasteiger partial charge in [0.05, 0.1) is 6.61 Å². The van der Waals surface area contributed by atoms with Crippen molar-refractivity contribution in [1.82, 2.24) is 0 Å². The summed E-state index contributed by atoms with van der Waals surface area (Å²) >= 11 is 1.82. The lowest BCUT2D eigenvalue weighted by atomic mass is 10.2. The Kier molecular flexibility index (Phi) is 4.45. The summed E-state index contributed by atoms with van der Waals surface area (Å²) in [6, 6.07) is 10.3. The van der Waals surface area contributed by atoms with Crippen LogP contribution in [0, 0.1) is 0 Å². The average molecular weight is 252 g/mol. The van der Waals surface area contributed by atoms with Gasteiger partial charge in [-0.3, -0.25) is 4.79 Å². The molecule has 1 fully saturated rings. The van der Waals surface area contributed by atoms with Crippen LogP contribution in [0.15, 0.2) is 35.2 Å². The van der Waals surface area contributed by atoms with Crippen LogP contribution in [-0.2, 0) is 14.3 Å². The first-order valence-electron chi connectivity index (χ1n) is 5.74. The summed E-state index contributed by atoms with van der Waals surface area (Å²) in [5, 5.41) is 0.448. The fourth-order valence-electron chi connectivity index (χ4n) is 1.77. The Morgan fingerprint density at radius 1 is 1.35 bits per heavy atom. The van der Waals surface area contributed by atoms with E-state index in [4.69, 9.17) is 9.47 Å². The predicted octanol–water partition coefficient (Wildman–Crippen LogP) is 2.85. The largest absolute Gasteiger partial charge is 0.436 e. The molecule has 1 unspecified atom stereocenters. The summed E-state index contributed by atoms with van der Waals surface area (Å²) in [7, 11) is 0. The Bertz CT molecular complexity index is 358. The molecule has 0 radical (unpaired) electrons. The summed E-state index contributed by atoms with van der Waals surface area (Å²) in [6.45, 7) is 2.05. The van der Waals surface area contributed by atoms with Crippen molar-refractivity contribution >= 4 is 17.7 Å². The summed E-state index contributed by atoms with van der Waals surface area (Å²) < 4.78 is 10.5. The number of thioether (sulfide) groups is 1. The van der Waals surface area contributed by atoms with E-state index >= 15 is 0 Å². The van der Waals surface area contributed by atoms with Crippen LogP contribution in [-0.4, -0.2) is 24.1 Å². The molecule has 4 heteroatoms. The van der Waals surface area contributed by atoms with Crippen LogP contribution in [0.25, 0.3) is 0 Å². The SMILES string of the molecule is CC(=O)OC1CC[C@@H](Sc2ccccc2)CO1. The van der Waals surface area contributed by atoms with E-state index in [1.807, 2.05) is 30.0 Å². The quantitative estimate of drug-likeness (QED) is 0.775. The van der Waals surface area contributed by atoms with E-state index in [2.05, 4.69) is 12.1 Å². The molecule has 92 valence electrons. The first-order chi connectivity index (χ1) is 8.24. The van der Waals surface area contributed by atoms with Crippen LogP contribution < -0.4 is 0 Å². The molecule has 1 saturated heterocycles. The van der Waals surface area contributed by atoms with Crippen molar-refractivity contribution in [1.29, 1.82) is 0 Å². The Morgan fingerprint density at radius 3 is 2.71 bits per heavy atom. The molecule has 17 heavy (non-hydrogen) atoms. The molecule has 0 amide bonds. The van der Waals surface area contributed by atoms with Gasteiger partial charge in [0.25, 0.3) is 0 Å². The van der Waals surface area contributed by atoms with Crippen molar-refractivity contribution in [2.45, 2.75) is 36.2 Å². The zero-order chi connectivity index (χ0) is 12.1. The minimum Gasteiger partial charge on any atom is -0.436 e. The second-order valence-electron chi connectivity index (χ2n) is 4.00. The summed E-state index contributed by atoms with van der Waals surface area (Å²) in [4.78, 5) is 12.0. The van der Waals surface area contributed by atoms with Crippen LogP contribution in [0.1, 0.15) is 19.8 Å². The van der Waals surface area contributed by atoms with Gasteiger partial charge < -0.3 is 9.47 Å². The lowest BCUT2D eigenvalue weighted by molar-refractivity contribution is -0.183. The number of carbonyl (C=O) groups is 1. The maximum atomic E-state index is 10.8. The lowest BCUT2D eigenvalue weighted by Gasteiger charge is -2.27. The highest BCUT2D eigenvalue weighted by Gasteiger charge is 2.24. The standard InChI is InChI=1S/C13H16O3S/c1-10(14)16-13-8-7-12(9-15-13)17-11-5-3-2-4-6-11/h2-6,12-13H,7-9H2,1H3/t12-,13?/m1/s1. The summed E-state index contributed by atoms with van der Waals surface area (Å²) in [5.41, 5.74) is 0. The first kappa shape index (κ1) is 12.5. The first-order valence-corrected chi connectivity index (χ1v) is 6.62. The summed E-state index contributed by atoms with van der Waals surface area (Å²) in [6.07, 6.45) is 1.45. The molecule has 0 N–H and O–H groups in total. The highest BCUT2D eigenvalue weighted by molar-refractivity contribution is 8.00. The molecule has 0 saturated carbocycles. The Morgan fingerprint density at radius 2 is 2.12 bits per heavy atom. The van der Waals surface area contributed by atoms with Gasteiger partial charge in [-0.15, -0.1) is 11.8 Å². The molecular formula is C13H16O3S. The van der Waals surface area contributed by atoms with Crippen molar-refractivity contribution in [3.63, 3.8) is 0 Å². The zero-order valence-corrected chi connectivity index (χ0v) is 10.6. The molecule has 1 heterocycles. The minimum atomic E-state index is -0.347. The van der Waals surface area contributed by atoms with Crippen LogP contribution in [0.2, 0.25) is 0 Å². The molecule has 1 aromatic carbocycles. The number of rotatable bonds is 3. The summed E-state index contributed by atoms with van der Waals surface area (Å²) in [5.74, 6) is -0.274. The third kappa shape index (κ3) is 4.06. The zero-order valence-electron chi connectivity index (χ0n) is 9.80. The molecule has 1 aliphatic rings.